The molecule has 64 heavy (non-hydrogen) atoms. The van der Waals surface area contributed by atoms with Crippen molar-refractivity contribution in [1.82, 2.24) is 0 Å². The molecule has 362 valence electrons. The second kappa shape index (κ2) is 27.3. The monoisotopic (exact) mass is 908 g/mol. The number of carbonyl (C=O) groups excluding carboxylic acids is 1. The van der Waals surface area contributed by atoms with Gasteiger partial charge in [0.05, 0.1) is 73.6 Å². The van der Waals surface area contributed by atoms with Crippen molar-refractivity contribution >= 4 is 11.9 Å². The Morgan fingerprint density at radius 2 is 1.20 bits per heavy atom. The van der Waals surface area contributed by atoms with Crippen molar-refractivity contribution in [3.05, 3.63) is 85.1 Å². The lowest BCUT2D eigenvalue weighted by Gasteiger charge is -2.45. The number of carbonyl (C=O) groups is 2. The summed E-state index contributed by atoms with van der Waals surface area (Å²) in [6.07, 6.45) is 4.72. The molecule has 0 aromatic carbocycles. The molecule has 17 heteroatoms. The number of cyclic esters (lactones) is 1. The molecule has 2 saturated heterocycles. The zero-order valence-corrected chi connectivity index (χ0v) is 37.1. The first-order valence-electron chi connectivity index (χ1n) is 22.1. The predicted molar refractivity (Wildman–Crippen MR) is 234 cm³/mol. The highest BCUT2D eigenvalue weighted by molar-refractivity contribution is 5.71. The summed E-state index contributed by atoms with van der Waals surface area (Å²) in [4.78, 5) is 25.0. The van der Waals surface area contributed by atoms with Crippen LogP contribution in [0.15, 0.2) is 85.1 Å². The van der Waals surface area contributed by atoms with Gasteiger partial charge in [-0.05, 0) is 33.1 Å². The number of carboxylic acid groups (broad SMARTS) is 1. The second-order valence-corrected chi connectivity index (χ2v) is 17.4. The summed E-state index contributed by atoms with van der Waals surface area (Å²) in [6, 6.07) is 0. The van der Waals surface area contributed by atoms with Crippen molar-refractivity contribution in [3.63, 3.8) is 0 Å². The van der Waals surface area contributed by atoms with E-state index in [2.05, 4.69) is 0 Å². The topological polar surface area (TPSA) is 294 Å². The van der Waals surface area contributed by atoms with E-state index < -0.39 is 141 Å². The van der Waals surface area contributed by atoms with Gasteiger partial charge in [0.25, 0.3) is 0 Å². The molecular weight excluding hydrogens is 837 g/mol. The number of allylic oxidation sites excluding steroid dienone is 12. The van der Waals surface area contributed by atoms with Gasteiger partial charge in [0, 0.05) is 43.9 Å². The Morgan fingerprint density at radius 1 is 0.625 bits per heavy atom. The molecular formula is C47H72O17. The van der Waals surface area contributed by atoms with Gasteiger partial charge < -0.3 is 75.1 Å². The zero-order chi connectivity index (χ0) is 47.6. The highest BCUT2D eigenvalue weighted by Crippen LogP contribution is 2.38. The number of fused-ring (bicyclic) bond motifs is 2. The molecule has 0 spiro atoms. The number of hydrogen-bond acceptors (Lipinski definition) is 16. The van der Waals surface area contributed by atoms with Crippen LogP contribution >= 0.6 is 0 Å². The van der Waals surface area contributed by atoms with E-state index in [0.29, 0.717) is 0 Å². The van der Waals surface area contributed by atoms with Crippen molar-refractivity contribution in [2.24, 2.45) is 17.8 Å². The Hall–Kier alpha value is -3.40. The zero-order valence-electron chi connectivity index (χ0n) is 37.1. The first-order valence-corrected chi connectivity index (χ1v) is 22.1. The third-order valence-corrected chi connectivity index (χ3v) is 11.8. The van der Waals surface area contributed by atoms with Crippen molar-refractivity contribution in [3.8, 4) is 0 Å². The summed E-state index contributed by atoms with van der Waals surface area (Å²) < 4.78 is 23.2. The highest BCUT2D eigenvalue weighted by Gasteiger charge is 2.50. The molecule has 0 aliphatic carbocycles. The Labute approximate surface area is 375 Å². The van der Waals surface area contributed by atoms with Crippen LogP contribution in [0.3, 0.4) is 0 Å². The Morgan fingerprint density at radius 3 is 1.80 bits per heavy atom. The lowest BCUT2D eigenvalue weighted by atomic mass is 9.82. The second-order valence-electron chi connectivity index (χ2n) is 17.4. The molecule has 2 fully saturated rings. The van der Waals surface area contributed by atoms with Crippen LogP contribution in [-0.4, -0.2) is 160 Å². The number of aliphatic carboxylic acids is 1. The third kappa shape index (κ3) is 18.8. The summed E-state index contributed by atoms with van der Waals surface area (Å²) >= 11 is 0. The Kier molecular flexibility index (Phi) is 23.4. The van der Waals surface area contributed by atoms with E-state index in [0.717, 1.165) is 0 Å². The van der Waals surface area contributed by atoms with Crippen LogP contribution in [0.5, 0.6) is 0 Å². The lowest BCUT2D eigenvalue weighted by Crippen LogP contribution is -2.56. The molecule has 2 bridgehead atoms. The van der Waals surface area contributed by atoms with Crippen LogP contribution in [0.2, 0.25) is 0 Å². The summed E-state index contributed by atoms with van der Waals surface area (Å²) in [7, 11) is 0. The van der Waals surface area contributed by atoms with E-state index in [1.807, 2.05) is 37.3 Å². The maximum absolute atomic E-state index is 12.6. The first kappa shape index (κ1) is 54.9. The highest BCUT2D eigenvalue weighted by atomic mass is 16.7. The Bertz CT molecular complexity index is 1630. The molecule has 13 unspecified atom stereocenters. The van der Waals surface area contributed by atoms with Crippen molar-refractivity contribution in [1.29, 1.82) is 0 Å². The minimum absolute atomic E-state index is 0.0532. The van der Waals surface area contributed by atoms with Crippen LogP contribution < -0.4 is 0 Å². The minimum Gasteiger partial charge on any atom is -0.481 e. The first-order chi connectivity index (χ1) is 30.2. The van der Waals surface area contributed by atoms with E-state index in [9.17, 15) is 65.8 Å². The summed E-state index contributed by atoms with van der Waals surface area (Å²) in [5.41, 5.74) is 0. The van der Waals surface area contributed by atoms with Gasteiger partial charge in [-0.15, -0.1) is 0 Å². The maximum Gasteiger partial charge on any atom is 0.311 e. The van der Waals surface area contributed by atoms with Crippen LogP contribution in [0.25, 0.3) is 0 Å². The van der Waals surface area contributed by atoms with Gasteiger partial charge >= 0.3 is 11.9 Å². The van der Waals surface area contributed by atoms with Crippen molar-refractivity contribution in [2.75, 3.05) is 0 Å². The lowest BCUT2D eigenvalue weighted by molar-refractivity contribution is -0.307. The average Bonchev–Trinajstić information content (AvgIpc) is 3.19. The molecule has 0 aromatic heterocycles. The van der Waals surface area contributed by atoms with Crippen LogP contribution in [0.4, 0.5) is 0 Å². The van der Waals surface area contributed by atoms with Crippen molar-refractivity contribution in [2.45, 2.75) is 177 Å². The molecule has 18 atom stereocenters. The molecule has 0 amide bonds. The smallest absolute Gasteiger partial charge is 0.311 e. The number of hydrogen-bond donors (Lipinski definition) is 11. The minimum atomic E-state index is -2.30. The normalized spacial score (nSPS) is 44.8. The SMILES string of the molecule is CC1OC(OC2\C=C/C=C\C=C/C=C\C=C/C=C\C=C/[C@H](C)C(O)[C@@H](C)[C@H](C)OC(=O)CC(O)CC(O)CCC(O)C(O)CC(O)CC3(O)C[C@H](O)C(C(=O)O)[C@H](C2)O3)C(O)CC1O. The summed E-state index contributed by atoms with van der Waals surface area (Å²) in [5.74, 6) is -6.74. The van der Waals surface area contributed by atoms with Gasteiger partial charge in [-0.1, -0.05) is 98.9 Å². The van der Waals surface area contributed by atoms with Crippen molar-refractivity contribution < 1.29 is 84.7 Å². The number of aliphatic hydroxyl groups excluding tert-OH is 9. The number of rotatable bonds is 3. The molecule has 3 aliphatic rings. The number of ether oxygens (including phenoxy) is 4. The van der Waals surface area contributed by atoms with E-state index in [4.69, 9.17) is 18.9 Å². The van der Waals surface area contributed by atoms with Crippen LogP contribution in [-0.2, 0) is 28.5 Å². The van der Waals surface area contributed by atoms with E-state index in [1.165, 1.54) is 0 Å². The number of aliphatic hydroxyl groups is 10. The maximum atomic E-state index is 12.6. The third-order valence-electron chi connectivity index (χ3n) is 11.8. The van der Waals surface area contributed by atoms with Gasteiger partial charge in [0.15, 0.2) is 12.1 Å². The fourth-order valence-corrected chi connectivity index (χ4v) is 7.85. The predicted octanol–water partition coefficient (Wildman–Crippen LogP) is 1.77. The standard InChI is InChI=1S/C47H72O17/c1-28-17-15-13-11-9-7-5-6-8-10-12-14-16-18-35(63-46-39(54)25-37(52)31(4)62-46)24-41-43(45(58)59)40(55)27-47(60,64-41)26-34(50)22-38(53)36(51)20-19-32(48)21-33(49)23-42(56)61-30(3)29(2)44(28)57/h5-18,28-41,43-44,46,48-55,57,60H,19-27H2,1-4H3,(H,58,59)/b6-5-,9-7-,10-8-,13-11-,14-12-,17-15-,18-16-/t28-,29-,30-,31?,32?,33?,34?,35?,36?,37?,38?,39?,40-,41-,43?,44?,46?,47?/m0/s1. The van der Waals surface area contributed by atoms with Gasteiger partial charge in [-0.2, -0.15) is 0 Å². The molecule has 17 nitrogen and oxygen atoms in total. The molecule has 0 saturated carbocycles. The van der Waals surface area contributed by atoms with E-state index >= 15 is 0 Å². The van der Waals surface area contributed by atoms with Crippen LogP contribution in [0, 0.1) is 17.8 Å². The fraction of sp³-hybridized carbons (Fsp3) is 0.660. The fourth-order valence-electron chi connectivity index (χ4n) is 7.85. The molecule has 3 heterocycles. The van der Waals surface area contributed by atoms with Crippen LogP contribution in [0.1, 0.15) is 85.5 Å². The largest absolute Gasteiger partial charge is 0.481 e. The average molecular weight is 909 g/mol. The Balaban J connectivity index is 1.84. The molecule has 0 aromatic rings. The van der Waals surface area contributed by atoms with E-state index in [1.54, 1.807) is 75.5 Å². The number of carboxylic acids is 1. The van der Waals surface area contributed by atoms with Gasteiger partial charge in [0.1, 0.15) is 18.1 Å². The molecule has 11 N–H and O–H groups in total. The summed E-state index contributed by atoms with van der Waals surface area (Å²) in [6.45, 7) is 6.82. The van der Waals surface area contributed by atoms with E-state index in [-0.39, 0.29) is 38.0 Å². The quantitative estimate of drug-likeness (QED) is 0.180. The molecule has 0 radical (unpaired) electrons. The van der Waals surface area contributed by atoms with Gasteiger partial charge in [0.2, 0.25) is 0 Å². The summed E-state index contributed by atoms with van der Waals surface area (Å²) in [5, 5.41) is 118. The number of esters is 1. The molecule has 3 rings (SSSR count). The van der Waals surface area contributed by atoms with Gasteiger partial charge in [-0.3, -0.25) is 9.59 Å². The van der Waals surface area contributed by atoms with Gasteiger partial charge in [-0.25, -0.2) is 0 Å². The molecule has 3 aliphatic heterocycles.